The summed E-state index contributed by atoms with van der Waals surface area (Å²) in [6.45, 7) is 4.16. The molecule has 0 atom stereocenters. The number of alkyl halides is 3. The van der Waals surface area contributed by atoms with E-state index < -0.39 is 23.6 Å². The van der Waals surface area contributed by atoms with Crippen molar-refractivity contribution in [3.05, 3.63) is 95.9 Å². The van der Waals surface area contributed by atoms with Gasteiger partial charge in [-0.3, -0.25) is 4.90 Å². The monoisotopic (exact) mass is 591 g/mol. The number of benzene rings is 3. The normalized spacial score (nSPS) is 14.1. The van der Waals surface area contributed by atoms with Crippen molar-refractivity contribution in [3.63, 3.8) is 0 Å². The molecule has 1 aliphatic rings. The molecule has 8 nitrogen and oxygen atoms in total. The zero-order valence-electron chi connectivity index (χ0n) is 22.6. The van der Waals surface area contributed by atoms with Gasteiger partial charge in [0.1, 0.15) is 5.82 Å². The molecule has 0 saturated carbocycles. The van der Waals surface area contributed by atoms with Crippen LogP contribution in [-0.4, -0.2) is 47.2 Å². The van der Waals surface area contributed by atoms with Crippen molar-refractivity contribution in [1.29, 1.82) is 0 Å². The van der Waals surface area contributed by atoms with Crippen LogP contribution in [0.25, 0.3) is 33.8 Å². The van der Waals surface area contributed by atoms with Gasteiger partial charge in [0.15, 0.2) is 11.2 Å². The highest BCUT2D eigenvalue weighted by Gasteiger charge is 2.30. The Morgan fingerprint density at radius 3 is 2.30 bits per heavy atom. The van der Waals surface area contributed by atoms with Gasteiger partial charge in [0.25, 0.3) is 0 Å². The van der Waals surface area contributed by atoms with E-state index in [1.165, 1.54) is 17.7 Å². The molecular formula is C31H25F4N5O3. The van der Waals surface area contributed by atoms with Gasteiger partial charge < -0.3 is 19.8 Å². The van der Waals surface area contributed by atoms with E-state index in [0.29, 0.717) is 11.2 Å². The fraction of sp³-hybridized carbons (Fsp3) is 0.194. The lowest BCUT2D eigenvalue weighted by Gasteiger charge is -2.26. The highest BCUT2D eigenvalue weighted by Crippen LogP contribution is 2.31. The molecule has 0 aliphatic carbocycles. The first-order valence-corrected chi connectivity index (χ1v) is 13.4. The number of urea groups is 1. The average molecular weight is 592 g/mol. The van der Waals surface area contributed by atoms with E-state index in [1.807, 2.05) is 12.1 Å². The molecule has 0 radical (unpaired) electrons. The van der Waals surface area contributed by atoms with Crippen LogP contribution in [0.2, 0.25) is 0 Å². The van der Waals surface area contributed by atoms with Crippen LogP contribution in [0.5, 0.6) is 0 Å². The largest absolute Gasteiger partial charge is 0.434 e. The summed E-state index contributed by atoms with van der Waals surface area (Å²) in [6, 6.07) is 17.1. The Bertz CT molecular complexity index is 1750. The van der Waals surface area contributed by atoms with Gasteiger partial charge in [0.05, 0.1) is 24.3 Å². The number of ether oxygens (including phenoxy) is 1. The molecule has 2 amide bonds. The molecule has 3 heterocycles. The minimum absolute atomic E-state index is 0.000606. The van der Waals surface area contributed by atoms with Crippen molar-refractivity contribution in [1.82, 2.24) is 14.9 Å². The highest BCUT2D eigenvalue weighted by molar-refractivity contribution is 6.00. The molecule has 220 valence electrons. The molecule has 43 heavy (non-hydrogen) atoms. The number of aromatic nitrogens is 2. The summed E-state index contributed by atoms with van der Waals surface area (Å²) in [5, 5.41) is 4.98. The maximum Gasteiger partial charge on any atom is 0.416 e. The van der Waals surface area contributed by atoms with E-state index in [4.69, 9.17) is 9.15 Å². The summed E-state index contributed by atoms with van der Waals surface area (Å²) in [6.07, 6.45) is -2.81. The standard InChI is InChI=1S/C31H25F4N5O3/c32-26-10-9-24(38-30(41)37-23-7-5-22(6-8-23)31(33,34)35)16-25(26)29-39-28-27(43-29)15-21(17-36-28)20-3-1-19(2-4-20)18-40-11-13-42-14-12-40/h1-10,15-17H,11-14,18H2,(H2,37,38,41). The van der Waals surface area contributed by atoms with Crippen LogP contribution >= 0.6 is 0 Å². The summed E-state index contributed by atoms with van der Waals surface area (Å²) >= 11 is 0. The molecule has 6 rings (SSSR count). The van der Waals surface area contributed by atoms with Gasteiger partial charge in [-0.15, -0.1) is 0 Å². The number of morpholine rings is 1. The second-order valence-electron chi connectivity index (χ2n) is 10.00. The summed E-state index contributed by atoms with van der Waals surface area (Å²) in [4.78, 5) is 23.5. The Labute approximate surface area is 243 Å². The molecule has 0 unspecified atom stereocenters. The summed E-state index contributed by atoms with van der Waals surface area (Å²) in [5.41, 5.74) is 3.13. The molecule has 2 N–H and O–H groups in total. The van der Waals surface area contributed by atoms with Crippen LogP contribution in [-0.2, 0) is 17.5 Å². The van der Waals surface area contributed by atoms with Crippen LogP contribution in [0.3, 0.4) is 0 Å². The minimum Gasteiger partial charge on any atom is -0.434 e. The third-order valence-electron chi connectivity index (χ3n) is 6.97. The van der Waals surface area contributed by atoms with Gasteiger partial charge in [0.2, 0.25) is 5.89 Å². The van der Waals surface area contributed by atoms with E-state index in [9.17, 15) is 22.4 Å². The molecular weight excluding hydrogens is 566 g/mol. The zero-order chi connectivity index (χ0) is 30.0. The molecule has 3 aromatic carbocycles. The number of nitrogens with zero attached hydrogens (tertiary/aromatic N) is 3. The van der Waals surface area contributed by atoms with Gasteiger partial charge in [0, 0.05) is 42.8 Å². The second kappa shape index (κ2) is 11.8. The van der Waals surface area contributed by atoms with Gasteiger partial charge in [-0.1, -0.05) is 24.3 Å². The summed E-state index contributed by atoms with van der Waals surface area (Å²) < 4.78 is 64.4. The number of carbonyl (C=O) groups is 1. The number of rotatable bonds is 6. The molecule has 0 spiro atoms. The van der Waals surface area contributed by atoms with Crippen LogP contribution in [0.15, 0.2) is 83.4 Å². The number of carbonyl (C=O) groups excluding carboxylic acids is 1. The molecule has 1 fully saturated rings. The summed E-state index contributed by atoms with van der Waals surface area (Å²) in [5.74, 6) is -0.652. The van der Waals surface area contributed by atoms with Crippen LogP contribution in [0.4, 0.5) is 33.7 Å². The first-order valence-electron chi connectivity index (χ1n) is 13.4. The fourth-order valence-corrected chi connectivity index (χ4v) is 4.72. The molecule has 1 aliphatic heterocycles. The Morgan fingerprint density at radius 1 is 0.884 bits per heavy atom. The molecule has 1 saturated heterocycles. The number of fused-ring (bicyclic) bond motifs is 1. The van der Waals surface area contributed by atoms with Gasteiger partial charge >= 0.3 is 12.2 Å². The number of amides is 2. The van der Waals surface area contributed by atoms with Crippen molar-refractivity contribution in [2.24, 2.45) is 0 Å². The van der Waals surface area contributed by atoms with E-state index >= 15 is 0 Å². The van der Waals surface area contributed by atoms with Crippen LogP contribution in [0.1, 0.15) is 11.1 Å². The number of oxazole rings is 1. The number of hydrogen-bond acceptors (Lipinski definition) is 6. The van der Waals surface area contributed by atoms with Crippen molar-refractivity contribution in [2.75, 3.05) is 36.9 Å². The number of halogens is 4. The molecule has 5 aromatic rings. The maximum absolute atomic E-state index is 14.8. The zero-order valence-corrected chi connectivity index (χ0v) is 22.6. The van der Waals surface area contributed by atoms with Gasteiger partial charge in [-0.25, -0.2) is 14.2 Å². The highest BCUT2D eigenvalue weighted by atomic mass is 19.4. The van der Waals surface area contributed by atoms with Crippen molar-refractivity contribution in [2.45, 2.75) is 12.7 Å². The smallest absolute Gasteiger partial charge is 0.416 e. The van der Waals surface area contributed by atoms with E-state index in [1.54, 1.807) is 12.3 Å². The predicted octanol–water partition coefficient (Wildman–Crippen LogP) is 7.19. The maximum atomic E-state index is 14.8. The van der Waals surface area contributed by atoms with Crippen molar-refractivity contribution >= 4 is 28.6 Å². The third-order valence-corrected chi connectivity index (χ3v) is 6.97. The lowest BCUT2D eigenvalue weighted by atomic mass is 10.1. The van der Waals surface area contributed by atoms with Crippen LogP contribution < -0.4 is 10.6 Å². The first kappa shape index (κ1) is 28.3. The minimum atomic E-state index is -4.48. The fourth-order valence-electron chi connectivity index (χ4n) is 4.72. The predicted molar refractivity (Wildman–Crippen MR) is 153 cm³/mol. The Kier molecular flexibility index (Phi) is 7.78. The topological polar surface area (TPSA) is 92.5 Å². The van der Waals surface area contributed by atoms with Gasteiger partial charge in [-0.2, -0.15) is 18.2 Å². The second-order valence-corrected chi connectivity index (χ2v) is 10.00. The van der Waals surface area contributed by atoms with Crippen LogP contribution in [0, 0.1) is 5.82 Å². The van der Waals surface area contributed by atoms with E-state index in [2.05, 4.69) is 37.6 Å². The number of hydrogen-bond donors (Lipinski definition) is 2. The Morgan fingerprint density at radius 2 is 1.58 bits per heavy atom. The molecule has 0 bridgehead atoms. The summed E-state index contributed by atoms with van der Waals surface area (Å²) in [7, 11) is 0. The quantitative estimate of drug-likeness (QED) is 0.203. The number of nitrogens with one attached hydrogen (secondary N) is 2. The third kappa shape index (κ3) is 6.65. The molecule has 12 heteroatoms. The van der Waals surface area contributed by atoms with Crippen molar-refractivity contribution < 1.29 is 31.5 Å². The Hall–Kier alpha value is -4.81. The first-order chi connectivity index (χ1) is 20.7. The number of pyridine rings is 1. The van der Waals surface area contributed by atoms with Gasteiger partial charge in [-0.05, 0) is 59.7 Å². The average Bonchev–Trinajstić information content (AvgIpc) is 3.42. The van der Waals surface area contributed by atoms with E-state index in [-0.39, 0.29) is 22.8 Å². The lowest BCUT2D eigenvalue weighted by Crippen LogP contribution is -2.35. The SMILES string of the molecule is O=C(Nc1ccc(C(F)(F)F)cc1)Nc1ccc(F)c(-c2nc3ncc(-c4ccc(CN5CCOCC5)cc4)cc3o2)c1. The lowest BCUT2D eigenvalue weighted by molar-refractivity contribution is -0.137. The van der Waals surface area contributed by atoms with Crippen molar-refractivity contribution in [3.8, 4) is 22.6 Å². The Balaban J connectivity index is 1.15. The molecule has 2 aromatic heterocycles. The number of anilines is 2. The van der Waals surface area contributed by atoms with E-state index in [0.717, 1.165) is 74.3 Å².